The fraction of sp³-hybridized carbons (Fsp3) is 0.231. The van der Waals surface area contributed by atoms with Crippen molar-refractivity contribution in [3.8, 4) is 0 Å². The highest BCUT2D eigenvalue weighted by Gasteiger charge is 2.22. The maximum atomic E-state index is 11.8. The molecule has 0 spiro atoms. The molecule has 0 radical (unpaired) electrons. The molecule has 2 aromatic rings. The lowest BCUT2D eigenvalue weighted by atomic mass is 9.92. The normalized spacial score (nSPS) is 14.2. The Bertz CT molecular complexity index is 639. The molecular weight excluding hydrogens is 218 g/mol. The van der Waals surface area contributed by atoms with Crippen LogP contribution < -0.4 is 0 Å². The minimum atomic E-state index is -0.871. The second-order valence-corrected chi connectivity index (χ2v) is 4.30. The first-order chi connectivity index (χ1) is 8.16. The molecular formula is C13H11NO3. The summed E-state index contributed by atoms with van der Waals surface area (Å²) in [6, 6.07) is 5.49. The number of aryl methyl sites for hydroxylation is 1. The molecule has 4 heteroatoms. The molecule has 0 bridgehead atoms. The zero-order valence-electron chi connectivity index (χ0n) is 9.14. The molecule has 4 nitrogen and oxygen atoms in total. The van der Waals surface area contributed by atoms with Crippen LogP contribution in [0.15, 0.2) is 24.4 Å². The summed E-state index contributed by atoms with van der Waals surface area (Å²) in [7, 11) is 0. The van der Waals surface area contributed by atoms with E-state index in [1.54, 1.807) is 4.57 Å². The number of Topliss-reactive ketones (excluding diaryl/α,β-unsaturated/α-hetero) is 1. The first kappa shape index (κ1) is 10.1. The summed E-state index contributed by atoms with van der Waals surface area (Å²) < 4.78 is 1.70. The molecule has 0 amide bonds. The van der Waals surface area contributed by atoms with Gasteiger partial charge in [-0.3, -0.25) is 9.59 Å². The van der Waals surface area contributed by atoms with Gasteiger partial charge in [0.1, 0.15) is 6.54 Å². The van der Waals surface area contributed by atoms with Crippen molar-refractivity contribution in [2.45, 2.75) is 19.4 Å². The van der Waals surface area contributed by atoms with Gasteiger partial charge < -0.3 is 9.67 Å². The number of hydrogen-bond donors (Lipinski definition) is 1. The van der Waals surface area contributed by atoms with Crippen molar-refractivity contribution in [3.05, 3.63) is 35.5 Å². The van der Waals surface area contributed by atoms with Crippen molar-refractivity contribution in [2.24, 2.45) is 0 Å². The number of aliphatic carboxylic acids is 1. The quantitative estimate of drug-likeness (QED) is 0.855. The van der Waals surface area contributed by atoms with Crippen LogP contribution in [0.1, 0.15) is 22.3 Å². The van der Waals surface area contributed by atoms with E-state index in [2.05, 4.69) is 0 Å². The number of hydrogen-bond acceptors (Lipinski definition) is 2. The van der Waals surface area contributed by atoms with Gasteiger partial charge in [-0.25, -0.2) is 0 Å². The van der Waals surface area contributed by atoms with Gasteiger partial charge in [-0.05, 0) is 18.1 Å². The van der Waals surface area contributed by atoms with E-state index in [0.717, 1.165) is 22.0 Å². The van der Waals surface area contributed by atoms with E-state index in [0.29, 0.717) is 12.8 Å². The second kappa shape index (κ2) is 3.45. The van der Waals surface area contributed by atoms with Crippen molar-refractivity contribution in [3.63, 3.8) is 0 Å². The molecule has 0 unspecified atom stereocenters. The van der Waals surface area contributed by atoms with Gasteiger partial charge in [-0.2, -0.15) is 0 Å². The number of benzene rings is 1. The predicted molar refractivity (Wildman–Crippen MR) is 62.2 cm³/mol. The van der Waals surface area contributed by atoms with Crippen LogP contribution in [0.3, 0.4) is 0 Å². The number of aromatic nitrogens is 1. The molecule has 1 aromatic heterocycles. The van der Waals surface area contributed by atoms with E-state index in [4.69, 9.17) is 5.11 Å². The van der Waals surface area contributed by atoms with Gasteiger partial charge in [0.05, 0.1) is 0 Å². The Morgan fingerprint density at radius 3 is 2.94 bits per heavy atom. The van der Waals surface area contributed by atoms with E-state index in [-0.39, 0.29) is 12.3 Å². The molecule has 1 heterocycles. The Balaban J connectivity index is 2.29. The van der Waals surface area contributed by atoms with Crippen molar-refractivity contribution < 1.29 is 14.7 Å². The minimum Gasteiger partial charge on any atom is -0.480 e. The smallest absolute Gasteiger partial charge is 0.323 e. The molecule has 1 aliphatic carbocycles. The van der Waals surface area contributed by atoms with Crippen molar-refractivity contribution in [1.29, 1.82) is 0 Å². The molecule has 0 saturated heterocycles. The second-order valence-electron chi connectivity index (χ2n) is 4.30. The summed E-state index contributed by atoms with van der Waals surface area (Å²) in [6.07, 6.45) is 3.08. The SMILES string of the molecule is O=C(O)Cn1cc2c3c(cccc31)C(=O)CC2. The van der Waals surface area contributed by atoms with Crippen LogP contribution in [-0.2, 0) is 17.8 Å². The summed E-state index contributed by atoms with van der Waals surface area (Å²) in [6.45, 7) is -0.0614. The van der Waals surface area contributed by atoms with Crippen LogP contribution in [0.25, 0.3) is 10.9 Å². The summed E-state index contributed by atoms with van der Waals surface area (Å²) in [5.41, 5.74) is 2.65. The van der Waals surface area contributed by atoms with Crippen LogP contribution in [0.5, 0.6) is 0 Å². The van der Waals surface area contributed by atoms with Crippen molar-refractivity contribution in [1.82, 2.24) is 4.57 Å². The number of ketones is 1. The van der Waals surface area contributed by atoms with E-state index in [1.165, 1.54) is 0 Å². The standard InChI is InChI=1S/C13H11NO3/c15-11-5-4-8-6-14(7-12(16)17)10-3-1-2-9(11)13(8)10/h1-3,6H,4-5,7H2,(H,16,17). The molecule has 3 rings (SSSR count). The lowest BCUT2D eigenvalue weighted by Gasteiger charge is -2.10. The highest BCUT2D eigenvalue weighted by atomic mass is 16.4. The minimum absolute atomic E-state index is 0.0614. The van der Waals surface area contributed by atoms with E-state index < -0.39 is 5.97 Å². The highest BCUT2D eigenvalue weighted by molar-refractivity contribution is 6.11. The van der Waals surface area contributed by atoms with Gasteiger partial charge >= 0.3 is 5.97 Å². The van der Waals surface area contributed by atoms with E-state index in [1.807, 2.05) is 24.4 Å². The van der Waals surface area contributed by atoms with Gasteiger partial charge in [-0.15, -0.1) is 0 Å². The lowest BCUT2D eigenvalue weighted by molar-refractivity contribution is -0.137. The number of carboxylic acids is 1. The Morgan fingerprint density at radius 1 is 1.35 bits per heavy atom. The Hall–Kier alpha value is -2.10. The van der Waals surface area contributed by atoms with E-state index >= 15 is 0 Å². The molecule has 0 fully saturated rings. The fourth-order valence-electron chi connectivity index (χ4n) is 2.52. The monoisotopic (exact) mass is 229 g/mol. The first-order valence-electron chi connectivity index (χ1n) is 5.52. The van der Waals surface area contributed by atoms with Crippen molar-refractivity contribution in [2.75, 3.05) is 0 Å². The molecule has 1 aromatic carbocycles. The fourth-order valence-corrected chi connectivity index (χ4v) is 2.52. The van der Waals surface area contributed by atoms with Gasteiger partial charge in [0.2, 0.25) is 0 Å². The van der Waals surface area contributed by atoms with Crippen molar-refractivity contribution >= 4 is 22.7 Å². The number of carboxylic acid groups (broad SMARTS) is 1. The number of carbonyl (C=O) groups is 2. The van der Waals surface area contributed by atoms with Gasteiger partial charge in [-0.1, -0.05) is 12.1 Å². The summed E-state index contributed by atoms with van der Waals surface area (Å²) in [5.74, 6) is -0.722. The number of rotatable bonds is 2. The Morgan fingerprint density at radius 2 is 2.18 bits per heavy atom. The average molecular weight is 229 g/mol. The maximum absolute atomic E-state index is 11.8. The molecule has 1 aliphatic rings. The van der Waals surface area contributed by atoms with Gasteiger partial charge in [0, 0.05) is 29.1 Å². The van der Waals surface area contributed by atoms with Gasteiger partial charge in [0.25, 0.3) is 0 Å². The topological polar surface area (TPSA) is 59.3 Å². The molecule has 17 heavy (non-hydrogen) atoms. The highest BCUT2D eigenvalue weighted by Crippen LogP contribution is 2.31. The predicted octanol–water partition coefficient (Wildman–Crippen LogP) is 1.85. The van der Waals surface area contributed by atoms with Crippen LogP contribution in [-0.4, -0.2) is 21.4 Å². The molecule has 1 N–H and O–H groups in total. The summed E-state index contributed by atoms with van der Waals surface area (Å²) in [5, 5.41) is 9.79. The molecule has 0 saturated carbocycles. The van der Waals surface area contributed by atoms with Crippen LogP contribution in [0, 0.1) is 0 Å². The number of carbonyl (C=O) groups excluding carboxylic acids is 1. The molecule has 86 valence electrons. The summed E-state index contributed by atoms with van der Waals surface area (Å²) >= 11 is 0. The van der Waals surface area contributed by atoms with Crippen LogP contribution >= 0.6 is 0 Å². The number of nitrogens with zero attached hydrogens (tertiary/aromatic N) is 1. The summed E-state index contributed by atoms with van der Waals surface area (Å²) in [4.78, 5) is 22.6. The molecule has 0 atom stereocenters. The maximum Gasteiger partial charge on any atom is 0.323 e. The van der Waals surface area contributed by atoms with Gasteiger partial charge in [0.15, 0.2) is 5.78 Å². The Kier molecular flexibility index (Phi) is 2.04. The largest absolute Gasteiger partial charge is 0.480 e. The van der Waals surface area contributed by atoms with Crippen LogP contribution in [0.4, 0.5) is 0 Å². The zero-order chi connectivity index (χ0) is 12.0. The Labute approximate surface area is 97.5 Å². The zero-order valence-corrected chi connectivity index (χ0v) is 9.14. The lowest BCUT2D eigenvalue weighted by Crippen LogP contribution is -2.07. The third-order valence-electron chi connectivity index (χ3n) is 3.21. The first-order valence-corrected chi connectivity index (χ1v) is 5.52. The average Bonchev–Trinajstić information content (AvgIpc) is 2.63. The third-order valence-corrected chi connectivity index (χ3v) is 3.21. The van der Waals surface area contributed by atoms with Crippen LogP contribution in [0.2, 0.25) is 0 Å². The molecule has 0 aliphatic heterocycles. The van der Waals surface area contributed by atoms with E-state index in [9.17, 15) is 9.59 Å². The third kappa shape index (κ3) is 1.45.